The Bertz CT molecular complexity index is 626. The molecule has 1 N–H and O–H groups in total. The number of hydrogen-bond acceptors (Lipinski definition) is 4. The van der Waals surface area contributed by atoms with E-state index >= 15 is 0 Å². The highest BCUT2D eigenvalue weighted by atomic mass is 32.3. The SMILES string of the molecule is CC(C)(C)OC(=O)NC(CCS(=O)(=O)F)c1ccccc1F. The third-order valence-corrected chi connectivity index (χ3v) is 3.35. The minimum Gasteiger partial charge on any atom is -0.444 e. The van der Waals surface area contributed by atoms with Crippen molar-refractivity contribution in [2.24, 2.45) is 0 Å². The monoisotopic (exact) mass is 335 g/mol. The third-order valence-electron chi connectivity index (χ3n) is 2.62. The van der Waals surface area contributed by atoms with Crippen molar-refractivity contribution in [1.29, 1.82) is 0 Å². The Balaban J connectivity index is 2.92. The molecule has 0 aromatic heterocycles. The molecule has 0 radical (unpaired) electrons. The van der Waals surface area contributed by atoms with Crippen LogP contribution < -0.4 is 5.32 Å². The quantitative estimate of drug-likeness (QED) is 0.839. The smallest absolute Gasteiger partial charge is 0.408 e. The van der Waals surface area contributed by atoms with E-state index in [1.54, 1.807) is 20.8 Å². The second-order valence-corrected chi connectivity index (χ2v) is 7.24. The molecule has 8 heteroatoms. The van der Waals surface area contributed by atoms with Crippen LogP contribution in [0.2, 0.25) is 0 Å². The average Bonchev–Trinajstić information content (AvgIpc) is 2.32. The first-order chi connectivity index (χ1) is 9.98. The first-order valence-electron chi connectivity index (χ1n) is 6.64. The van der Waals surface area contributed by atoms with Gasteiger partial charge in [0, 0.05) is 5.56 Å². The number of hydrogen-bond donors (Lipinski definition) is 1. The summed E-state index contributed by atoms with van der Waals surface area (Å²) in [6.07, 6.45) is -1.14. The van der Waals surface area contributed by atoms with Crippen LogP contribution in [0.15, 0.2) is 24.3 Å². The number of carbonyl (C=O) groups excluding carboxylic acids is 1. The van der Waals surface area contributed by atoms with Gasteiger partial charge in [-0.3, -0.25) is 0 Å². The van der Waals surface area contributed by atoms with Crippen LogP contribution in [0.4, 0.5) is 13.1 Å². The second-order valence-electron chi connectivity index (χ2n) is 5.75. The van der Waals surface area contributed by atoms with Crippen LogP contribution in [-0.2, 0) is 15.0 Å². The van der Waals surface area contributed by atoms with Crippen molar-refractivity contribution in [2.75, 3.05) is 5.75 Å². The van der Waals surface area contributed by atoms with Gasteiger partial charge in [0.05, 0.1) is 11.8 Å². The lowest BCUT2D eigenvalue weighted by molar-refractivity contribution is 0.0501. The van der Waals surface area contributed by atoms with Crippen molar-refractivity contribution in [3.8, 4) is 0 Å². The zero-order valence-corrected chi connectivity index (χ0v) is 13.4. The largest absolute Gasteiger partial charge is 0.444 e. The van der Waals surface area contributed by atoms with Crippen molar-refractivity contribution in [1.82, 2.24) is 5.32 Å². The maximum absolute atomic E-state index is 13.8. The van der Waals surface area contributed by atoms with Gasteiger partial charge in [0.1, 0.15) is 11.4 Å². The zero-order chi connectivity index (χ0) is 17.0. The van der Waals surface area contributed by atoms with Crippen molar-refractivity contribution in [3.05, 3.63) is 35.6 Å². The van der Waals surface area contributed by atoms with Crippen LogP contribution in [0, 0.1) is 5.82 Å². The molecule has 22 heavy (non-hydrogen) atoms. The van der Waals surface area contributed by atoms with Crippen molar-refractivity contribution in [2.45, 2.75) is 38.8 Å². The Morgan fingerprint density at radius 2 is 1.91 bits per heavy atom. The fourth-order valence-electron chi connectivity index (χ4n) is 1.77. The minimum atomic E-state index is -4.73. The molecule has 0 heterocycles. The molecule has 1 amide bonds. The Morgan fingerprint density at radius 3 is 2.41 bits per heavy atom. The molecule has 5 nitrogen and oxygen atoms in total. The molecule has 0 bridgehead atoms. The van der Waals surface area contributed by atoms with Crippen molar-refractivity contribution >= 4 is 16.3 Å². The Labute approximate surface area is 128 Å². The minimum absolute atomic E-state index is 0.0667. The van der Waals surface area contributed by atoms with Crippen LogP contribution in [0.3, 0.4) is 0 Å². The fourth-order valence-corrected chi connectivity index (χ4v) is 2.29. The van der Waals surface area contributed by atoms with Gasteiger partial charge in [-0.2, -0.15) is 8.42 Å². The second kappa shape index (κ2) is 7.04. The van der Waals surface area contributed by atoms with E-state index in [9.17, 15) is 21.5 Å². The molecule has 124 valence electrons. The molecule has 1 aromatic rings. The lowest BCUT2D eigenvalue weighted by atomic mass is 10.0. The molecule has 1 atom stereocenters. The van der Waals surface area contributed by atoms with Gasteiger partial charge < -0.3 is 10.1 Å². The van der Waals surface area contributed by atoms with E-state index in [1.165, 1.54) is 24.3 Å². The molecule has 0 spiro atoms. The number of rotatable bonds is 5. The first-order valence-corrected chi connectivity index (χ1v) is 8.19. The zero-order valence-electron chi connectivity index (χ0n) is 12.6. The van der Waals surface area contributed by atoms with Gasteiger partial charge in [0.15, 0.2) is 0 Å². The highest BCUT2D eigenvalue weighted by molar-refractivity contribution is 7.86. The Kier molecular flexibility index (Phi) is 5.87. The number of halogens is 2. The van der Waals surface area contributed by atoms with Crippen molar-refractivity contribution in [3.63, 3.8) is 0 Å². The number of ether oxygens (including phenoxy) is 1. The van der Waals surface area contributed by atoms with Gasteiger partial charge in [-0.05, 0) is 33.3 Å². The molecular weight excluding hydrogens is 316 g/mol. The molecule has 0 aliphatic carbocycles. The number of carbonyl (C=O) groups is 1. The predicted octanol–water partition coefficient (Wildman–Crippen LogP) is 3.08. The molecule has 0 saturated heterocycles. The highest BCUT2D eigenvalue weighted by Crippen LogP contribution is 2.22. The van der Waals surface area contributed by atoms with Crippen LogP contribution >= 0.6 is 0 Å². The number of alkyl carbamates (subject to hydrolysis) is 1. The summed E-state index contributed by atoms with van der Waals surface area (Å²) in [6, 6.07) is 4.54. The lowest BCUT2D eigenvalue weighted by Crippen LogP contribution is -2.35. The molecule has 0 aliphatic heterocycles. The van der Waals surface area contributed by atoms with Crippen LogP contribution in [0.1, 0.15) is 38.8 Å². The normalized spacial score (nSPS) is 13.5. The molecule has 1 rings (SSSR count). The Morgan fingerprint density at radius 1 is 1.32 bits per heavy atom. The van der Waals surface area contributed by atoms with Gasteiger partial charge in [-0.25, -0.2) is 9.18 Å². The summed E-state index contributed by atoms with van der Waals surface area (Å²) in [5.74, 6) is -1.46. The summed E-state index contributed by atoms with van der Waals surface area (Å²) >= 11 is 0. The van der Waals surface area contributed by atoms with Crippen LogP contribution in [0.5, 0.6) is 0 Å². The van der Waals surface area contributed by atoms with E-state index in [-0.39, 0.29) is 12.0 Å². The molecule has 0 saturated carbocycles. The van der Waals surface area contributed by atoms with E-state index in [1.807, 2.05) is 0 Å². The van der Waals surface area contributed by atoms with E-state index in [4.69, 9.17) is 4.74 Å². The molecule has 0 fully saturated rings. The lowest BCUT2D eigenvalue weighted by Gasteiger charge is -2.24. The summed E-state index contributed by atoms with van der Waals surface area (Å²) in [5.41, 5.74) is -0.701. The summed E-state index contributed by atoms with van der Waals surface area (Å²) in [6.45, 7) is 4.95. The molecular formula is C14H19F2NO4S. The van der Waals surface area contributed by atoms with E-state index in [2.05, 4.69) is 5.32 Å². The van der Waals surface area contributed by atoms with Gasteiger partial charge >= 0.3 is 16.3 Å². The fraction of sp³-hybridized carbons (Fsp3) is 0.500. The first kappa shape index (κ1) is 18.3. The van der Waals surface area contributed by atoms with E-state index < -0.39 is 39.5 Å². The average molecular weight is 335 g/mol. The molecule has 1 aromatic carbocycles. The van der Waals surface area contributed by atoms with Gasteiger partial charge in [-0.15, -0.1) is 3.89 Å². The summed E-state index contributed by atoms with van der Waals surface area (Å²) in [7, 11) is -4.73. The standard InChI is InChI=1S/C14H19F2NO4S/c1-14(2,3)21-13(18)17-12(8-9-22(16,19)20)10-6-4-5-7-11(10)15/h4-7,12H,8-9H2,1-3H3,(H,17,18). The maximum Gasteiger partial charge on any atom is 0.408 e. The van der Waals surface area contributed by atoms with E-state index in [0.29, 0.717) is 0 Å². The molecule has 0 aliphatic rings. The number of amides is 1. The topological polar surface area (TPSA) is 72.5 Å². The summed E-state index contributed by atoms with van der Waals surface area (Å²) < 4.78 is 52.9. The summed E-state index contributed by atoms with van der Waals surface area (Å²) in [4.78, 5) is 11.8. The van der Waals surface area contributed by atoms with Gasteiger partial charge in [0.25, 0.3) is 0 Å². The van der Waals surface area contributed by atoms with Gasteiger partial charge in [0.2, 0.25) is 0 Å². The van der Waals surface area contributed by atoms with Crippen LogP contribution in [0.25, 0.3) is 0 Å². The molecule has 1 unspecified atom stereocenters. The third kappa shape index (κ3) is 6.84. The predicted molar refractivity (Wildman–Crippen MR) is 78.0 cm³/mol. The summed E-state index contributed by atoms with van der Waals surface area (Å²) in [5, 5.41) is 2.37. The number of benzene rings is 1. The maximum atomic E-state index is 13.8. The number of nitrogens with one attached hydrogen (secondary N) is 1. The van der Waals surface area contributed by atoms with Crippen molar-refractivity contribution < 1.29 is 26.2 Å². The van der Waals surface area contributed by atoms with Gasteiger partial charge in [-0.1, -0.05) is 18.2 Å². The van der Waals surface area contributed by atoms with E-state index in [0.717, 1.165) is 0 Å². The van der Waals surface area contributed by atoms with Crippen LogP contribution in [-0.4, -0.2) is 25.9 Å². The highest BCUT2D eigenvalue weighted by Gasteiger charge is 2.24. The Hall–Kier alpha value is -1.70.